The molecule has 1 amide bonds. The summed E-state index contributed by atoms with van der Waals surface area (Å²) in [4.78, 5) is 15.8. The van der Waals surface area contributed by atoms with Crippen molar-refractivity contribution < 1.29 is 4.79 Å². The van der Waals surface area contributed by atoms with Crippen molar-refractivity contribution in [1.29, 1.82) is 0 Å². The summed E-state index contributed by atoms with van der Waals surface area (Å²) < 4.78 is 0.925. The normalized spacial score (nSPS) is 21.3. The van der Waals surface area contributed by atoms with E-state index in [0.717, 1.165) is 29.6 Å². The second kappa shape index (κ2) is 5.05. The summed E-state index contributed by atoms with van der Waals surface area (Å²) in [5, 5.41) is 6.66. The van der Waals surface area contributed by atoms with Gasteiger partial charge in [0.1, 0.15) is 0 Å². The molecule has 0 radical (unpaired) electrons. The molecular formula is C9H12BrN3OS. The standard InChI is InChI=1S/C9H12BrN3OS/c10-7-5-12-9(15-7)13-8(14)6-3-1-2-4-11-6/h5-6,11H,1-4H2,(H,12,13,14)/t6-/m1/s1. The van der Waals surface area contributed by atoms with E-state index in [1.54, 1.807) is 6.20 Å². The van der Waals surface area contributed by atoms with Crippen molar-refractivity contribution in [2.45, 2.75) is 25.3 Å². The van der Waals surface area contributed by atoms with Crippen LogP contribution < -0.4 is 10.6 Å². The maximum Gasteiger partial charge on any atom is 0.243 e. The van der Waals surface area contributed by atoms with Crippen LogP contribution in [0.4, 0.5) is 5.13 Å². The number of nitrogens with zero attached hydrogens (tertiary/aromatic N) is 1. The molecule has 1 aromatic heterocycles. The molecule has 1 saturated heterocycles. The molecule has 2 heterocycles. The fourth-order valence-corrected chi connectivity index (χ4v) is 2.69. The number of halogens is 1. The van der Waals surface area contributed by atoms with Crippen LogP contribution in [0.2, 0.25) is 0 Å². The van der Waals surface area contributed by atoms with E-state index in [0.29, 0.717) is 5.13 Å². The van der Waals surface area contributed by atoms with Gasteiger partial charge in [0.2, 0.25) is 5.91 Å². The van der Waals surface area contributed by atoms with Crippen molar-refractivity contribution in [3.8, 4) is 0 Å². The number of piperidine rings is 1. The first-order valence-corrected chi connectivity index (χ1v) is 6.52. The summed E-state index contributed by atoms with van der Waals surface area (Å²) in [6.45, 7) is 0.930. The van der Waals surface area contributed by atoms with Gasteiger partial charge in [0.05, 0.1) is 16.0 Å². The van der Waals surface area contributed by atoms with Crippen LogP contribution in [0.3, 0.4) is 0 Å². The molecule has 1 aliphatic rings. The van der Waals surface area contributed by atoms with E-state index in [1.165, 1.54) is 11.3 Å². The van der Waals surface area contributed by atoms with Crippen LogP contribution in [0.5, 0.6) is 0 Å². The Morgan fingerprint density at radius 2 is 2.53 bits per heavy atom. The van der Waals surface area contributed by atoms with E-state index < -0.39 is 0 Å². The third kappa shape index (κ3) is 2.99. The second-order valence-corrected chi connectivity index (χ2v) is 5.87. The predicted octanol–water partition coefficient (Wildman–Crippen LogP) is 1.99. The third-order valence-corrected chi connectivity index (χ3v) is 3.73. The molecule has 0 aromatic carbocycles. The predicted molar refractivity (Wildman–Crippen MR) is 64.1 cm³/mol. The highest BCUT2D eigenvalue weighted by molar-refractivity contribution is 9.11. The molecule has 1 aliphatic heterocycles. The lowest BCUT2D eigenvalue weighted by Gasteiger charge is -2.21. The summed E-state index contributed by atoms with van der Waals surface area (Å²) in [5.74, 6) is 0.0246. The third-order valence-electron chi connectivity index (χ3n) is 2.33. The molecule has 0 saturated carbocycles. The summed E-state index contributed by atoms with van der Waals surface area (Å²) in [6.07, 6.45) is 4.88. The maximum atomic E-state index is 11.8. The molecule has 0 unspecified atom stereocenters. The number of aromatic nitrogens is 1. The van der Waals surface area contributed by atoms with Crippen LogP contribution in [0.15, 0.2) is 9.98 Å². The van der Waals surface area contributed by atoms with Gasteiger partial charge in [0.25, 0.3) is 0 Å². The lowest BCUT2D eigenvalue weighted by Crippen LogP contribution is -2.43. The fraction of sp³-hybridized carbons (Fsp3) is 0.556. The molecule has 0 aliphatic carbocycles. The molecule has 82 valence electrons. The van der Waals surface area contributed by atoms with E-state index >= 15 is 0 Å². The van der Waals surface area contributed by atoms with Gasteiger partial charge >= 0.3 is 0 Å². The van der Waals surface area contributed by atoms with Crippen molar-refractivity contribution in [3.05, 3.63) is 9.98 Å². The molecule has 0 spiro atoms. The SMILES string of the molecule is O=C(Nc1ncc(Br)s1)[C@H]1CCCCN1. The first kappa shape index (κ1) is 11.0. The number of hydrogen-bond acceptors (Lipinski definition) is 4. The van der Waals surface area contributed by atoms with Crippen LogP contribution in [-0.4, -0.2) is 23.5 Å². The molecule has 15 heavy (non-hydrogen) atoms. The lowest BCUT2D eigenvalue weighted by molar-refractivity contribution is -0.118. The van der Waals surface area contributed by atoms with Crippen molar-refractivity contribution in [3.63, 3.8) is 0 Å². The zero-order valence-electron chi connectivity index (χ0n) is 8.12. The Labute approximate surface area is 101 Å². The van der Waals surface area contributed by atoms with Gasteiger partial charge in [-0.15, -0.1) is 0 Å². The second-order valence-electron chi connectivity index (χ2n) is 3.46. The molecule has 1 fully saturated rings. The van der Waals surface area contributed by atoms with Gasteiger partial charge in [0, 0.05) is 0 Å². The number of carbonyl (C=O) groups excluding carboxylic acids is 1. The molecular weight excluding hydrogens is 278 g/mol. The van der Waals surface area contributed by atoms with Gasteiger partial charge < -0.3 is 10.6 Å². The molecule has 1 aromatic rings. The topological polar surface area (TPSA) is 54.0 Å². The Balaban J connectivity index is 1.91. The average molecular weight is 290 g/mol. The van der Waals surface area contributed by atoms with Crippen LogP contribution in [0, 0.1) is 0 Å². The Bertz CT molecular complexity index is 349. The number of carbonyl (C=O) groups is 1. The van der Waals surface area contributed by atoms with Gasteiger partial charge in [-0.05, 0) is 35.3 Å². The van der Waals surface area contributed by atoms with Gasteiger partial charge in [-0.3, -0.25) is 4.79 Å². The lowest BCUT2D eigenvalue weighted by atomic mass is 10.0. The highest BCUT2D eigenvalue weighted by Crippen LogP contribution is 2.23. The Morgan fingerprint density at radius 3 is 3.13 bits per heavy atom. The number of thiazole rings is 1. The van der Waals surface area contributed by atoms with E-state index in [-0.39, 0.29) is 11.9 Å². The average Bonchev–Trinajstić information content (AvgIpc) is 2.65. The van der Waals surface area contributed by atoms with Crippen LogP contribution in [0.25, 0.3) is 0 Å². The van der Waals surface area contributed by atoms with Crippen molar-refractivity contribution in [2.75, 3.05) is 11.9 Å². The monoisotopic (exact) mass is 289 g/mol. The summed E-state index contributed by atoms with van der Waals surface area (Å²) >= 11 is 4.73. The number of rotatable bonds is 2. The Hall–Kier alpha value is -0.460. The number of anilines is 1. The maximum absolute atomic E-state index is 11.8. The smallest absolute Gasteiger partial charge is 0.243 e. The highest BCUT2D eigenvalue weighted by Gasteiger charge is 2.20. The number of nitrogens with one attached hydrogen (secondary N) is 2. The van der Waals surface area contributed by atoms with E-state index in [2.05, 4.69) is 31.5 Å². The minimum absolute atomic E-state index is 0.0246. The fourth-order valence-electron chi connectivity index (χ4n) is 1.58. The first-order valence-electron chi connectivity index (χ1n) is 4.91. The van der Waals surface area contributed by atoms with Crippen LogP contribution in [-0.2, 0) is 4.79 Å². The zero-order chi connectivity index (χ0) is 10.7. The largest absolute Gasteiger partial charge is 0.306 e. The summed E-state index contributed by atoms with van der Waals surface area (Å²) in [6, 6.07) is -0.0542. The molecule has 4 nitrogen and oxygen atoms in total. The quantitative estimate of drug-likeness (QED) is 0.875. The number of hydrogen-bond donors (Lipinski definition) is 2. The summed E-state index contributed by atoms with van der Waals surface area (Å²) in [7, 11) is 0. The minimum atomic E-state index is -0.0542. The van der Waals surface area contributed by atoms with Gasteiger partial charge in [-0.1, -0.05) is 17.8 Å². The zero-order valence-corrected chi connectivity index (χ0v) is 10.5. The van der Waals surface area contributed by atoms with Crippen molar-refractivity contribution in [1.82, 2.24) is 10.3 Å². The van der Waals surface area contributed by atoms with Gasteiger partial charge in [-0.2, -0.15) is 0 Å². The van der Waals surface area contributed by atoms with E-state index in [4.69, 9.17) is 0 Å². The molecule has 2 rings (SSSR count). The van der Waals surface area contributed by atoms with Gasteiger partial charge in [-0.25, -0.2) is 4.98 Å². The van der Waals surface area contributed by atoms with E-state index in [9.17, 15) is 4.79 Å². The molecule has 2 N–H and O–H groups in total. The molecule has 6 heteroatoms. The van der Waals surface area contributed by atoms with Crippen molar-refractivity contribution in [2.24, 2.45) is 0 Å². The number of amides is 1. The van der Waals surface area contributed by atoms with Gasteiger partial charge in [0.15, 0.2) is 5.13 Å². The molecule has 1 atom stereocenters. The Morgan fingerprint density at radius 1 is 1.67 bits per heavy atom. The van der Waals surface area contributed by atoms with Crippen LogP contribution >= 0.6 is 27.3 Å². The summed E-state index contributed by atoms with van der Waals surface area (Å²) in [5.41, 5.74) is 0. The van der Waals surface area contributed by atoms with Crippen LogP contribution in [0.1, 0.15) is 19.3 Å². The first-order chi connectivity index (χ1) is 7.25. The Kier molecular flexibility index (Phi) is 3.71. The highest BCUT2D eigenvalue weighted by atomic mass is 79.9. The van der Waals surface area contributed by atoms with Crippen molar-refractivity contribution >= 4 is 38.3 Å². The minimum Gasteiger partial charge on any atom is -0.306 e. The van der Waals surface area contributed by atoms with E-state index in [1.807, 2.05) is 0 Å². The molecule has 0 bridgehead atoms.